The van der Waals surface area contributed by atoms with E-state index in [1.54, 1.807) is 25.3 Å². The number of halogens is 1. The third kappa shape index (κ3) is 5.45. The summed E-state index contributed by atoms with van der Waals surface area (Å²) >= 11 is 0. The molecule has 0 atom stereocenters. The summed E-state index contributed by atoms with van der Waals surface area (Å²) in [5.74, 6) is 0.429. The second-order valence-electron chi connectivity index (χ2n) is 8.03. The minimum Gasteiger partial charge on any atom is -0.496 e. The number of amides is 2. The van der Waals surface area contributed by atoms with Crippen molar-refractivity contribution in [2.75, 3.05) is 25.5 Å². The molecule has 4 rings (SSSR count). The van der Waals surface area contributed by atoms with Crippen LogP contribution >= 0.6 is 0 Å². The summed E-state index contributed by atoms with van der Waals surface area (Å²) in [6.07, 6.45) is 1.72. The Morgan fingerprint density at radius 3 is 2.56 bits per heavy atom. The molecule has 0 radical (unpaired) electrons. The summed E-state index contributed by atoms with van der Waals surface area (Å²) < 4.78 is 19.2. The van der Waals surface area contributed by atoms with Crippen molar-refractivity contribution in [1.82, 2.24) is 10.2 Å². The second kappa shape index (κ2) is 10.3. The van der Waals surface area contributed by atoms with Gasteiger partial charge >= 0.3 is 6.03 Å². The van der Waals surface area contributed by atoms with Gasteiger partial charge in [0.25, 0.3) is 0 Å². The summed E-state index contributed by atoms with van der Waals surface area (Å²) in [6.45, 7) is 2.64. The molecule has 166 valence electrons. The van der Waals surface area contributed by atoms with Gasteiger partial charge in [-0.2, -0.15) is 0 Å². The maximum absolute atomic E-state index is 13.7. The van der Waals surface area contributed by atoms with Crippen LogP contribution in [0.5, 0.6) is 5.75 Å². The van der Waals surface area contributed by atoms with E-state index in [1.807, 2.05) is 18.2 Å². The lowest BCUT2D eigenvalue weighted by molar-refractivity contribution is 0.190. The van der Waals surface area contributed by atoms with E-state index in [0.717, 1.165) is 49.4 Å². The SMILES string of the molecule is COc1ccccc1-c1cccc(CN2CCC(NC(=O)Nc3ccccc3F)CC2)c1. The Hall–Kier alpha value is -3.38. The maximum Gasteiger partial charge on any atom is 0.319 e. The Labute approximate surface area is 188 Å². The first-order valence-electron chi connectivity index (χ1n) is 10.9. The number of hydrogen-bond donors (Lipinski definition) is 2. The third-order valence-electron chi connectivity index (χ3n) is 5.80. The number of ether oxygens (including phenoxy) is 1. The molecule has 3 aromatic rings. The predicted molar refractivity (Wildman–Crippen MR) is 125 cm³/mol. The normalized spacial score (nSPS) is 14.7. The van der Waals surface area contributed by atoms with Gasteiger partial charge in [-0.05, 0) is 48.2 Å². The number of methoxy groups -OCH3 is 1. The minimum absolute atomic E-state index is 0.0814. The fourth-order valence-corrected chi connectivity index (χ4v) is 4.12. The molecular formula is C26H28FN3O2. The highest BCUT2D eigenvalue weighted by Gasteiger charge is 2.21. The fraction of sp³-hybridized carbons (Fsp3) is 0.269. The van der Waals surface area contributed by atoms with Crippen LogP contribution in [0.15, 0.2) is 72.8 Å². The van der Waals surface area contributed by atoms with Gasteiger partial charge < -0.3 is 15.4 Å². The highest BCUT2D eigenvalue weighted by atomic mass is 19.1. The molecule has 1 aliphatic heterocycles. The van der Waals surface area contributed by atoms with Crippen molar-refractivity contribution in [3.05, 3.63) is 84.2 Å². The number of rotatable bonds is 6. The zero-order valence-electron chi connectivity index (χ0n) is 18.2. The van der Waals surface area contributed by atoms with Crippen LogP contribution in [0.2, 0.25) is 0 Å². The highest BCUT2D eigenvalue weighted by Crippen LogP contribution is 2.30. The summed E-state index contributed by atoms with van der Waals surface area (Å²) in [5.41, 5.74) is 3.66. The van der Waals surface area contributed by atoms with E-state index in [9.17, 15) is 9.18 Å². The molecule has 0 saturated carbocycles. The summed E-state index contributed by atoms with van der Waals surface area (Å²) in [4.78, 5) is 14.6. The van der Waals surface area contributed by atoms with Gasteiger partial charge in [0.1, 0.15) is 11.6 Å². The van der Waals surface area contributed by atoms with Crippen molar-refractivity contribution >= 4 is 11.7 Å². The van der Waals surface area contributed by atoms with Crippen LogP contribution in [0.4, 0.5) is 14.9 Å². The van der Waals surface area contributed by atoms with Gasteiger partial charge in [0.05, 0.1) is 12.8 Å². The smallest absolute Gasteiger partial charge is 0.319 e. The van der Waals surface area contributed by atoms with Gasteiger partial charge in [-0.3, -0.25) is 4.90 Å². The van der Waals surface area contributed by atoms with Crippen LogP contribution in [0.1, 0.15) is 18.4 Å². The van der Waals surface area contributed by atoms with E-state index in [4.69, 9.17) is 4.74 Å². The van der Waals surface area contributed by atoms with Crippen LogP contribution < -0.4 is 15.4 Å². The average Bonchev–Trinajstić information content (AvgIpc) is 2.82. The molecule has 1 fully saturated rings. The predicted octanol–water partition coefficient (Wildman–Crippen LogP) is 5.29. The zero-order valence-corrected chi connectivity index (χ0v) is 18.2. The molecule has 1 heterocycles. The fourth-order valence-electron chi connectivity index (χ4n) is 4.12. The van der Waals surface area contributed by atoms with E-state index in [0.29, 0.717) is 0 Å². The van der Waals surface area contributed by atoms with E-state index in [2.05, 4.69) is 45.9 Å². The maximum atomic E-state index is 13.7. The van der Waals surface area contributed by atoms with Crippen LogP contribution in [0, 0.1) is 5.82 Å². The number of carbonyl (C=O) groups is 1. The van der Waals surface area contributed by atoms with Crippen LogP contribution in [0.25, 0.3) is 11.1 Å². The Bertz CT molecular complexity index is 1060. The lowest BCUT2D eigenvalue weighted by atomic mass is 10.0. The summed E-state index contributed by atoms with van der Waals surface area (Å²) in [5, 5.41) is 5.56. The van der Waals surface area contributed by atoms with Crippen LogP contribution in [-0.2, 0) is 6.54 Å². The van der Waals surface area contributed by atoms with Gasteiger partial charge in [0.15, 0.2) is 0 Å². The van der Waals surface area contributed by atoms with E-state index in [1.165, 1.54) is 11.6 Å². The van der Waals surface area contributed by atoms with Gasteiger partial charge in [0.2, 0.25) is 0 Å². The average molecular weight is 434 g/mol. The number of para-hydroxylation sites is 2. The molecule has 5 nitrogen and oxygen atoms in total. The van der Waals surface area contributed by atoms with Gasteiger partial charge in [-0.1, -0.05) is 48.5 Å². The van der Waals surface area contributed by atoms with Gasteiger partial charge in [-0.15, -0.1) is 0 Å². The molecule has 2 amide bonds. The molecule has 0 spiro atoms. The first-order chi connectivity index (χ1) is 15.6. The monoisotopic (exact) mass is 433 g/mol. The zero-order chi connectivity index (χ0) is 22.3. The number of nitrogens with zero attached hydrogens (tertiary/aromatic N) is 1. The standard InChI is InChI=1S/C26H28FN3O2/c1-32-25-12-5-2-9-22(25)20-8-6-7-19(17-20)18-30-15-13-21(14-16-30)28-26(31)29-24-11-4-3-10-23(24)27/h2-12,17,21H,13-16,18H2,1H3,(H2,28,29,31). The van der Waals surface area contributed by atoms with Crippen molar-refractivity contribution in [3.8, 4) is 16.9 Å². The van der Waals surface area contributed by atoms with E-state index < -0.39 is 5.82 Å². The number of hydrogen-bond acceptors (Lipinski definition) is 3. The second-order valence-corrected chi connectivity index (χ2v) is 8.03. The number of likely N-dealkylation sites (tertiary alicyclic amines) is 1. The molecular weight excluding hydrogens is 405 g/mol. The molecule has 0 aliphatic carbocycles. The first kappa shape index (κ1) is 21.8. The highest BCUT2D eigenvalue weighted by molar-refractivity contribution is 5.89. The molecule has 6 heteroatoms. The molecule has 0 aromatic heterocycles. The van der Waals surface area contributed by atoms with Crippen LogP contribution in [-0.4, -0.2) is 37.2 Å². The lowest BCUT2D eigenvalue weighted by Crippen LogP contribution is -2.45. The first-order valence-corrected chi connectivity index (χ1v) is 10.9. The Kier molecular flexibility index (Phi) is 7.02. The Balaban J connectivity index is 1.30. The molecule has 0 bridgehead atoms. The number of piperidine rings is 1. The molecule has 3 aromatic carbocycles. The minimum atomic E-state index is -0.437. The van der Waals surface area contributed by atoms with Crippen molar-refractivity contribution < 1.29 is 13.9 Å². The molecule has 32 heavy (non-hydrogen) atoms. The number of anilines is 1. The van der Waals surface area contributed by atoms with Gasteiger partial charge in [0, 0.05) is 31.2 Å². The molecule has 0 unspecified atom stereocenters. The molecule has 2 N–H and O–H groups in total. The summed E-state index contributed by atoms with van der Waals surface area (Å²) in [6, 6.07) is 22.5. The molecule has 1 saturated heterocycles. The topological polar surface area (TPSA) is 53.6 Å². The largest absolute Gasteiger partial charge is 0.496 e. The van der Waals surface area contributed by atoms with Crippen molar-refractivity contribution in [2.24, 2.45) is 0 Å². The summed E-state index contributed by atoms with van der Waals surface area (Å²) in [7, 11) is 1.69. The Morgan fingerprint density at radius 1 is 1.03 bits per heavy atom. The molecule has 1 aliphatic rings. The van der Waals surface area contributed by atoms with Crippen molar-refractivity contribution in [1.29, 1.82) is 0 Å². The van der Waals surface area contributed by atoms with Crippen molar-refractivity contribution in [3.63, 3.8) is 0 Å². The van der Waals surface area contributed by atoms with Crippen molar-refractivity contribution in [2.45, 2.75) is 25.4 Å². The van der Waals surface area contributed by atoms with E-state index >= 15 is 0 Å². The third-order valence-corrected chi connectivity index (χ3v) is 5.80. The Morgan fingerprint density at radius 2 is 1.78 bits per heavy atom. The quantitative estimate of drug-likeness (QED) is 0.556. The number of nitrogens with one attached hydrogen (secondary N) is 2. The van der Waals surface area contributed by atoms with E-state index in [-0.39, 0.29) is 17.8 Å². The van der Waals surface area contributed by atoms with Crippen LogP contribution in [0.3, 0.4) is 0 Å². The number of carbonyl (C=O) groups excluding carboxylic acids is 1. The number of benzene rings is 3. The van der Waals surface area contributed by atoms with Gasteiger partial charge in [-0.25, -0.2) is 9.18 Å². The number of urea groups is 1. The lowest BCUT2D eigenvalue weighted by Gasteiger charge is -2.32.